The molecule has 0 saturated carbocycles. The Bertz CT molecular complexity index is 602. The van der Waals surface area contributed by atoms with E-state index in [-0.39, 0.29) is 23.7 Å². The first-order valence-electron chi connectivity index (χ1n) is 5.10. The number of rotatable bonds is 4. The molecule has 0 amide bonds. The van der Waals surface area contributed by atoms with Crippen molar-refractivity contribution >= 4 is 17.1 Å². The van der Waals surface area contributed by atoms with E-state index in [0.717, 1.165) is 0 Å². The summed E-state index contributed by atoms with van der Waals surface area (Å²) in [6.07, 6.45) is 0. The van der Waals surface area contributed by atoms with Gasteiger partial charge in [0, 0.05) is 0 Å². The van der Waals surface area contributed by atoms with Gasteiger partial charge in [-0.25, -0.2) is 4.39 Å². The lowest BCUT2D eigenvalue weighted by Gasteiger charge is -2.06. The van der Waals surface area contributed by atoms with E-state index in [2.05, 4.69) is 0 Å². The monoisotopic (exact) mass is 261 g/mol. The minimum absolute atomic E-state index is 0.0856. The predicted molar refractivity (Wildman–Crippen MR) is 65.3 cm³/mol. The third-order valence-electron chi connectivity index (χ3n) is 2.24. The molecule has 0 N–H and O–H groups in total. The molecule has 0 radical (unpaired) electrons. The van der Waals surface area contributed by atoms with Crippen LogP contribution in [-0.4, -0.2) is 12.4 Å². The standard InChI is InChI=1S/C13H8FNO2S/c14-10-3-1-4-12(9(10)7-15)17-8-11(16)13-5-2-6-18-13/h1-6H,8H2. The molecule has 0 fully saturated rings. The van der Waals surface area contributed by atoms with Crippen molar-refractivity contribution in [1.82, 2.24) is 0 Å². The highest BCUT2D eigenvalue weighted by Crippen LogP contribution is 2.20. The number of carbonyl (C=O) groups is 1. The van der Waals surface area contributed by atoms with Gasteiger partial charge in [0.15, 0.2) is 6.61 Å². The zero-order valence-electron chi connectivity index (χ0n) is 9.22. The third-order valence-corrected chi connectivity index (χ3v) is 3.15. The maximum absolute atomic E-state index is 13.3. The molecule has 0 atom stereocenters. The smallest absolute Gasteiger partial charge is 0.210 e. The summed E-state index contributed by atoms with van der Waals surface area (Å²) < 4.78 is 18.5. The van der Waals surface area contributed by atoms with E-state index in [4.69, 9.17) is 10.00 Å². The van der Waals surface area contributed by atoms with Gasteiger partial charge in [-0.05, 0) is 23.6 Å². The third kappa shape index (κ3) is 2.55. The average Bonchev–Trinajstić information content (AvgIpc) is 2.90. The van der Waals surface area contributed by atoms with Gasteiger partial charge in [-0.3, -0.25) is 4.79 Å². The summed E-state index contributed by atoms with van der Waals surface area (Å²) in [5.41, 5.74) is -0.184. The van der Waals surface area contributed by atoms with Gasteiger partial charge in [0.05, 0.1) is 4.88 Å². The fourth-order valence-corrected chi connectivity index (χ4v) is 2.04. The van der Waals surface area contributed by atoms with Crippen LogP contribution >= 0.6 is 11.3 Å². The lowest BCUT2D eigenvalue weighted by atomic mass is 10.2. The van der Waals surface area contributed by atoms with Crippen molar-refractivity contribution in [1.29, 1.82) is 5.26 Å². The van der Waals surface area contributed by atoms with Crippen LogP contribution in [0.2, 0.25) is 0 Å². The van der Waals surface area contributed by atoms with E-state index in [1.54, 1.807) is 23.6 Å². The van der Waals surface area contributed by atoms with E-state index in [9.17, 15) is 9.18 Å². The van der Waals surface area contributed by atoms with Gasteiger partial charge in [0.25, 0.3) is 0 Å². The van der Waals surface area contributed by atoms with Gasteiger partial charge >= 0.3 is 0 Å². The van der Waals surface area contributed by atoms with Crippen molar-refractivity contribution < 1.29 is 13.9 Å². The summed E-state index contributed by atoms with van der Waals surface area (Å²) in [6, 6.07) is 9.23. The van der Waals surface area contributed by atoms with Crippen molar-refractivity contribution in [2.45, 2.75) is 0 Å². The molecule has 0 aliphatic heterocycles. The van der Waals surface area contributed by atoms with Gasteiger partial charge < -0.3 is 4.74 Å². The number of thiophene rings is 1. The Morgan fingerprint density at radius 1 is 1.39 bits per heavy atom. The fourth-order valence-electron chi connectivity index (χ4n) is 1.38. The number of halogens is 1. The van der Waals surface area contributed by atoms with E-state index in [0.29, 0.717) is 4.88 Å². The predicted octanol–water partition coefficient (Wildman–Crippen LogP) is 3.02. The molecule has 90 valence electrons. The first-order valence-corrected chi connectivity index (χ1v) is 5.98. The first-order chi connectivity index (χ1) is 8.72. The lowest BCUT2D eigenvalue weighted by molar-refractivity contribution is 0.0925. The number of Topliss-reactive ketones (excluding diaryl/α,β-unsaturated/α-hetero) is 1. The Kier molecular flexibility index (Phi) is 3.70. The van der Waals surface area contributed by atoms with Crippen molar-refractivity contribution in [3.05, 3.63) is 52.0 Å². The van der Waals surface area contributed by atoms with Crippen molar-refractivity contribution in [2.24, 2.45) is 0 Å². The van der Waals surface area contributed by atoms with Crippen molar-refractivity contribution in [3.8, 4) is 11.8 Å². The molecule has 2 aromatic rings. The number of nitriles is 1. The molecular formula is C13H8FNO2S. The second kappa shape index (κ2) is 5.43. The Balaban J connectivity index is 2.10. The molecule has 0 aliphatic carbocycles. The number of benzene rings is 1. The van der Waals surface area contributed by atoms with Crippen LogP contribution in [-0.2, 0) is 0 Å². The summed E-state index contributed by atoms with van der Waals surface area (Å²) >= 11 is 1.31. The molecule has 0 bridgehead atoms. The van der Waals surface area contributed by atoms with Crippen LogP contribution in [0, 0.1) is 17.1 Å². The molecule has 5 heteroatoms. The summed E-state index contributed by atoms with van der Waals surface area (Å²) in [7, 11) is 0. The van der Waals surface area contributed by atoms with Crippen LogP contribution in [0.5, 0.6) is 5.75 Å². The van der Waals surface area contributed by atoms with Crippen LogP contribution in [0.25, 0.3) is 0 Å². The second-order valence-electron chi connectivity index (χ2n) is 3.41. The highest BCUT2D eigenvalue weighted by Gasteiger charge is 2.12. The number of ether oxygens (including phenoxy) is 1. The minimum Gasteiger partial charge on any atom is -0.484 e. The Morgan fingerprint density at radius 3 is 2.89 bits per heavy atom. The minimum atomic E-state index is -0.654. The fraction of sp³-hybridized carbons (Fsp3) is 0.0769. The number of nitrogens with zero attached hydrogens (tertiary/aromatic N) is 1. The molecular weight excluding hydrogens is 253 g/mol. The van der Waals surface area contributed by atoms with Crippen LogP contribution in [0.4, 0.5) is 4.39 Å². The summed E-state index contributed by atoms with van der Waals surface area (Å²) in [5.74, 6) is -0.765. The van der Waals surface area contributed by atoms with E-state index >= 15 is 0 Å². The van der Waals surface area contributed by atoms with E-state index < -0.39 is 5.82 Å². The topological polar surface area (TPSA) is 50.1 Å². The van der Waals surface area contributed by atoms with Crippen molar-refractivity contribution in [2.75, 3.05) is 6.61 Å². The molecule has 0 saturated heterocycles. The molecule has 2 rings (SSSR count). The molecule has 1 aromatic heterocycles. The Hall–Kier alpha value is -2.19. The Morgan fingerprint density at radius 2 is 2.22 bits per heavy atom. The van der Waals surface area contributed by atoms with Gasteiger partial charge in [0.2, 0.25) is 5.78 Å². The number of hydrogen-bond acceptors (Lipinski definition) is 4. The summed E-state index contributed by atoms with van der Waals surface area (Å²) in [5, 5.41) is 10.6. The first kappa shape index (κ1) is 12.3. The normalized spacial score (nSPS) is 9.78. The number of hydrogen-bond donors (Lipinski definition) is 0. The van der Waals surface area contributed by atoms with Gasteiger partial charge in [0.1, 0.15) is 23.2 Å². The molecule has 18 heavy (non-hydrogen) atoms. The molecule has 0 unspecified atom stereocenters. The van der Waals surface area contributed by atoms with Crippen LogP contribution in [0.3, 0.4) is 0 Å². The van der Waals surface area contributed by atoms with E-state index in [1.165, 1.54) is 29.5 Å². The van der Waals surface area contributed by atoms with Crippen LogP contribution < -0.4 is 4.74 Å². The van der Waals surface area contributed by atoms with Crippen LogP contribution in [0.1, 0.15) is 15.2 Å². The molecule has 0 aliphatic rings. The van der Waals surface area contributed by atoms with Crippen LogP contribution in [0.15, 0.2) is 35.7 Å². The van der Waals surface area contributed by atoms with Gasteiger partial charge in [-0.2, -0.15) is 5.26 Å². The molecule has 0 spiro atoms. The van der Waals surface area contributed by atoms with E-state index in [1.807, 2.05) is 0 Å². The lowest BCUT2D eigenvalue weighted by Crippen LogP contribution is -2.11. The van der Waals surface area contributed by atoms with Crippen molar-refractivity contribution in [3.63, 3.8) is 0 Å². The molecule has 3 nitrogen and oxygen atoms in total. The number of carbonyl (C=O) groups excluding carboxylic acids is 1. The average molecular weight is 261 g/mol. The molecule has 1 heterocycles. The quantitative estimate of drug-likeness (QED) is 0.795. The highest BCUT2D eigenvalue weighted by atomic mass is 32.1. The number of ketones is 1. The largest absolute Gasteiger partial charge is 0.484 e. The van der Waals surface area contributed by atoms with Gasteiger partial charge in [-0.15, -0.1) is 11.3 Å². The zero-order valence-corrected chi connectivity index (χ0v) is 10.0. The Labute approximate surface area is 107 Å². The maximum atomic E-state index is 13.3. The summed E-state index contributed by atoms with van der Waals surface area (Å²) in [6.45, 7) is -0.210. The SMILES string of the molecule is N#Cc1c(F)cccc1OCC(=O)c1cccs1. The maximum Gasteiger partial charge on any atom is 0.210 e. The zero-order chi connectivity index (χ0) is 13.0. The second-order valence-corrected chi connectivity index (χ2v) is 4.36. The molecule has 1 aromatic carbocycles. The van der Waals surface area contributed by atoms with Gasteiger partial charge in [-0.1, -0.05) is 12.1 Å². The highest BCUT2D eigenvalue weighted by molar-refractivity contribution is 7.12. The summed E-state index contributed by atoms with van der Waals surface area (Å²) in [4.78, 5) is 12.2.